The Morgan fingerprint density at radius 1 is 0.920 bits per heavy atom. The van der Waals surface area contributed by atoms with Crippen molar-refractivity contribution in [2.45, 2.75) is 0 Å². The summed E-state index contributed by atoms with van der Waals surface area (Å²) in [4.78, 5) is 12.3. The van der Waals surface area contributed by atoms with Gasteiger partial charge in [-0.25, -0.2) is 0 Å². The average Bonchev–Trinajstić information content (AvgIpc) is 2.93. The number of hydrogen-bond acceptors (Lipinski definition) is 1. The number of halogens is 1. The van der Waals surface area contributed by atoms with Gasteiger partial charge in [0.2, 0.25) is 0 Å². The second-order valence-corrected chi connectivity index (χ2v) is 6.49. The van der Waals surface area contributed by atoms with Crippen molar-refractivity contribution in [3.8, 4) is 0 Å². The lowest BCUT2D eigenvalue weighted by Crippen LogP contribution is -1.93. The lowest BCUT2D eigenvalue weighted by atomic mass is 10.1. The lowest BCUT2D eigenvalue weighted by molar-refractivity contribution is 0.104. The minimum absolute atomic E-state index is 0.0327. The van der Waals surface area contributed by atoms with Gasteiger partial charge in [0, 0.05) is 39.4 Å². The first-order valence-electron chi connectivity index (χ1n) is 8.08. The summed E-state index contributed by atoms with van der Waals surface area (Å²) in [6, 6.07) is 21.5. The van der Waals surface area contributed by atoms with Crippen LogP contribution in [0.15, 0.2) is 72.8 Å². The number of ketones is 1. The van der Waals surface area contributed by atoms with Gasteiger partial charge in [-0.15, -0.1) is 0 Å². The van der Waals surface area contributed by atoms with E-state index in [1.165, 1.54) is 21.8 Å². The fraction of sp³-hybridized carbons (Fsp3) is 0.0455. The molecule has 0 aliphatic rings. The average molecular weight is 346 g/mol. The maximum Gasteiger partial charge on any atom is 0.185 e. The Hall–Kier alpha value is -2.84. The molecule has 0 aliphatic heterocycles. The SMILES string of the molecule is Cn1c2ccccc2c2cc(C=CC(=O)c3ccc(Cl)cc3)ccc21. The number of aromatic nitrogens is 1. The van der Waals surface area contributed by atoms with Crippen LogP contribution in [0.25, 0.3) is 27.9 Å². The Kier molecular flexibility index (Phi) is 3.90. The Bertz CT molecular complexity index is 1120. The van der Waals surface area contributed by atoms with Crippen LogP contribution in [0.2, 0.25) is 5.02 Å². The number of fused-ring (bicyclic) bond motifs is 3. The zero-order valence-electron chi connectivity index (χ0n) is 13.7. The molecule has 0 radical (unpaired) electrons. The van der Waals surface area contributed by atoms with E-state index in [0.29, 0.717) is 10.6 Å². The normalized spacial score (nSPS) is 11.6. The van der Waals surface area contributed by atoms with E-state index in [-0.39, 0.29) is 5.78 Å². The molecule has 3 heteroatoms. The fourth-order valence-corrected chi connectivity index (χ4v) is 3.30. The summed E-state index contributed by atoms with van der Waals surface area (Å²) in [6.45, 7) is 0. The van der Waals surface area contributed by atoms with Crippen LogP contribution in [0.3, 0.4) is 0 Å². The monoisotopic (exact) mass is 345 g/mol. The van der Waals surface area contributed by atoms with Crippen molar-refractivity contribution in [2.24, 2.45) is 7.05 Å². The van der Waals surface area contributed by atoms with Crippen molar-refractivity contribution in [1.82, 2.24) is 4.57 Å². The number of nitrogens with zero attached hydrogens (tertiary/aromatic N) is 1. The molecule has 0 bridgehead atoms. The van der Waals surface area contributed by atoms with Crippen molar-refractivity contribution in [2.75, 3.05) is 0 Å². The first kappa shape index (κ1) is 15.7. The minimum Gasteiger partial charge on any atom is -0.344 e. The highest BCUT2D eigenvalue weighted by molar-refractivity contribution is 6.30. The van der Waals surface area contributed by atoms with Gasteiger partial charge in [0.05, 0.1) is 0 Å². The Balaban J connectivity index is 1.71. The van der Waals surface area contributed by atoms with Gasteiger partial charge in [-0.1, -0.05) is 41.9 Å². The van der Waals surface area contributed by atoms with Crippen LogP contribution in [-0.4, -0.2) is 10.4 Å². The number of allylic oxidation sites excluding steroid dienone is 1. The Labute approximate surface area is 151 Å². The third-order valence-corrected chi connectivity index (χ3v) is 4.75. The fourth-order valence-electron chi connectivity index (χ4n) is 3.17. The summed E-state index contributed by atoms with van der Waals surface area (Å²) in [5.41, 5.74) is 4.02. The van der Waals surface area contributed by atoms with E-state index < -0.39 is 0 Å². The first-order chi connectivity index (χ1) is 12.1. The highest BCUT2D eigenvalue weighted by Crippen LogP contribution is 2.29. The number of rotatable bonds is 3. The van der Waals surface area contributed by atoms with Gasteiger partial charge < -0.3 is 4.57 Å². The van der Waals surface area contributed by atoms with Gasteiger partial charge >= 0.3 is 0 Å². The van der Waals surface area contributed by atoms with Crippen LogP contribution in [0.4, 0.5) is 0 Å². The van der Waals surface area contributed by atoms with E-state index >= 15 is 0 Å². The van der Waals surface area contributed by atoms with Gasteiger partial charge in [-0.2, -0.15) is 0 Å². The summed E-state index contributed by atoms with van der Waals surface area (Å²) in [5, 5.41) is 3.04. The molecule has 0 saturated heterocycles. The summed E-state index contributed by atoms with van der Waals surface area (Å²) >= 11 is 5.86. The number of carbonyl (C=O) groups excluding carboxylic acids is 1. The van der Waals surface area contributed by atoms with Crippen molar-refractivity contribution >= 4 is 45.3 Å². The molecule has 0 saturated carbocycles. The standard InChI is InChI=1S/C22H16ClNO/c1-24-20-5-3-2-4-18(20)19-14-15(6-12-21(19)24)7-13-22(25)16-8-10-17(23)11-9-16/h2-14H,1H3. The van der Waals surface area contributed by atoms with Crippen molar-refractivity contribution in [3.05, 3.63) is 89.0 Å². The molecule has 0 N–H and O–H groups in total. The molecular formula is C22H16ClNO. The molecule has 4 aromatic rings. The Morgan fingerprint density at radius 3 is 2.44 bits per heavy atom. The van der Waals surface area contributed by atoms with E-state index in [2.05, 4.69) is 35.9 Å². The summed E-state index contributed by atoms with van der Waals surface area (Å²) in [5.74, 6) is -0.0327. The molecular weight excluding hydrogens is 330 g/mol. The molecule has 25 heavy (non-hydrogen) atoms. The maximum atomic E-state index is 12.3. The zero-order chi connectivity index (χ0) is 17.4. The molecule has 0 spiro atoms. The molecule has 0 unspecified atom stereocenters. The summed E-state index contributed by atoms with van der Waals surface area (Å²) in [6.07, 6.45) is 3.47. The number of para-hydroxylation sites is 1. The van der Waals surface area contributed by atoms with E-state index in [9.17, 15) is 4.79 Å². The summed E-state index contributed by atoms with van der Waals surface area (Å²) < 4.78 is 2.19. The molecule has 1 aromatic heterocycles. The van der Waals surface area contributed by atoms with E-state index in [1.807, 2.05) is 24.3 Å². The van der Waals surface area contributed by atoms with Crippen molar-refractivity contribution in [1.29, 1.82) is 0 Å². The van der Waals surface area contributed by atoms with E-state index in [1.54, 1.807) is 30.3 Å². The van der Waals surface area contributed by atoms with Crippen LogP contribution in [0, 0.1) is 0 Å². The molecule has 4 rings (SSSR count). The third kappa shape index (κ3) is 2.86. The largest absolute Gasteiger partial charge is 0.344 e. The molecule has 2 nitrogen and oxygen atoms in total. The van der Waals surface area contributed by atoms with Crippen LogP contribution in [-0.2, 0) is 7.05 Å². The van der Waals surface area contributed by atoms with Gasteiger partial charge in [0.25, 0.3) is 0 Å². The number of carbonyl (C=O) groups is 1. The van der Waals surface area contributed by atoms with Crippen molar-refractivity contribution in [3.63, 3.8) is 0 Å². The van der Waals surface area contributed by atoms with Crippen LogP contribution in [0.5, 0.6) is 0 Å². The zero-order valence-corrected chi connectivity index (χ0v) is 14.5. The van der Waals surface area contributed by atoms with Crippen LogP contribution >= 0.6 is 11.6 Å². The number of aryl methyl sites for hydroxylation is 1. The Morgan fingerprint density at radius 2 is 1.64 bits per heavy atom. The molecule has 0 fully saturated rings. The molecule has 0 amide bonds. The van der Waals surface area contributed by atoms with Gasteiger partial charge in [0.1, 0.15) is 0 Å². The minimum atomic E-state index is -0.0327. The maximum absolute atomic E-state index is 12.3. The molecule has 3 aromatic carbocycles. The third-order valence-electron chi connectivity index (χ3n) is 4.49. The predicted molar refractivity (Wildman–Crippen MR) is 105 cm³/mol. The van der Waals surface area contributed by atoms with E-state index in [0.717, 1.165) is 5.56 Å². The highest BCUT2D eigenvalue weighted by atomic mass is 35.5. The van der Waals surface area contributed by atoms with Crippen LogP contribution < -0.4 is 0 Å². The molecule has 0 atom stereocenters. The van der Waals surface area contributed by atoms with Crippen molar-refractivity contribution < 1.29 is 4.79 Å². The molecule has 1 heterocycles. The topological polar surface area (TPSA) is 22.0 Å². The van der Waals surface area contributed by atoms with Gasteiger partial charge in [-0.3, -0.25) is 4.79 Å². The quantitative estimate of drug-likeness (QED) is 0.335. The number of benzene rings is 3. The second-order valence-electron chi connectivity index (χ2n) is 6.06. The molecule has 122 valence electrons. The highest BCUT2D eigenvalue weighted by Gasteiger charge is 2.07. The molecule has 0 aliphatic carbocycles. The second kappa shape index (κ2) is 6.23. The predicted octanol–water partition coefficient (Wildman–Crippen LogP) is 5.88. The first-order valence-corrected chi connectivity index (χ1v) is 8.46. The van der Waals surface area contributed by atoms with Gasteiger partial charge in [-0.05, 0) is 54.1 Å². The smallest absolute Gasteiger partial charge is 0.185 e. The summed E-state index contributed by atoms with van der Waals surface area (Å²) in [7, 11) is 2.07. The van der Waals surface area contributed by atoms with Crippen LogP contribution in [0.1, 0.15) is 15.9 Å². The lowest BCUT2D eigenvalue weighted by Gasteiger charge is -1.99. The number of hydrogen-bond donors (Lipinski definition) is 0. The van der Waals surface area contributed by atoms with E-state index in [4.69, 9.17) is 11.6 Å². The van der Waals surface area contributed by atoms with Gasteiger partial charge in [0.15, 0.2) is 5.78 Å².